The fraction of sp³-hybridized carbons (Fsp3) is 0.333. The lowest BCUT2D eigenvalue weighted by atomic mass is 10.2. The van der Waals surface area contributed by atoms with E-state index in [4.69, 9.17) is 22.7 Å². The molecule has 0 unspecified atom stereocenters. The Bertz CT molecular complexity index is 563. The van der Waals surface area contributed by atoms with Crippen LogP contribution in [0.15, 0.2) is 36.7 Å². The Kier molecular flexibility index (Phi) is 5.12. The largest absolute Gasteiger partial charge is 0.494 e. The average Bonchev–Trinajstić information content (AvgIpc) is 2.91. The number of hydrogen-bond acceptors (Lipinski definition) is 3. The van der Waals surface area contributed by atoms with Crippen molar-refractivity contribution in [1.29, 1.82) is 0 Å². The number of thiocarbonyl (C=S) groups is 1. The molecular weight excluding hydrogens is 270 g/mol. The van der Waals surface area contributed by atoms with E-state index in [0.717, 1.165) is 36.5 Å². The van der Waals surface area contributed by atoms with Crippen molar-refractivity contribution in [2.75, 3.05) is 6.61 Å². The number of aryl methyl sites for hydroxylation is 2. The summed E-state index contributed by atoms with van der Waals surface area (Å²) in [6, 6.07) is 7.54. The molecule has 0 aliphatic heterocycles. The van der Waals surface area contributed by atoms with Gasteiger partial charge in [-0.3, -0.25) is 0 Å². The Balaban J connectivity index is 1.77. The molecule has 0 aliphatic carbocycles. The second-order valence-corrected chi connectivity index (χ2v) is 4.92. The molecule has 0 saturated carbocycles. The smallest absolute Gasteiger partial charge is 0.119 e. The molecule has 1 heterocycles. The molecule has 1 aromatic carbocycles. The van der Waals surface area contributed by atoms with Crippen LogP contribution in [-0.4, -0.2) is 21.1 Å². The van der Waals surface area contributed by atoms with Gasteiger partial charge in [0.05, 0.1) is 6.61 Å². The van der Waals surface area contributed by atoms with Gasteiger partial charge < -0.3 is 15.0 Å². The van der Waals surface area contributed by atoms with Crippen LogP contribution < -0.4 is 10.5 Å². The Morgan fingerprint density at radius 3 is 2.75 bits per heavy atom. The van der Waals surface area contributed by atoms with E-state index in [9.17, 15) is 0 Å². The zero-order chi connectivity index (χ0) is 14.4. The molecule has 2 rings (SSSR count). The molecule has 20 heavy (non-hydrogen) atoms. The molecule has 0 amide bonds. The van der Waals surface area contributed by atoms with Crippen LogP contribution in [0.2, 0.25) is 0 Å². The number of aromatic nitrogens is 2. The van der Waals surface area contributed by atoms with Gasteiger partial charge in [-0.1, -0.05) is 19.1 Å². The number of hydrogen-bond donors (Lipinski definition) is 1. The van der Waals surface area contributed by atoms with Gasteiger partial charge in [-0.2, -0.15) is 0 Å². The van der Waals surface area contributed by atoms with Crippen LogP contribution in [0, 0.1) is 0 Å². The summed E-state index contributed by atoms with van der Waals surface area (Å²) in [6.07, 6.45) is 5.75. The van der Waals surface area contributed by atoms with Crippen molar-refractivity contribution in [3.8, 4) is 5.75 Å². The van der Waals surface area contributed by atoms with Crippen molar-refractivity contribution >= 4 is 17.2 Å². The number of imidazole rings is 1. The lowest BCUT2D eigenvalue weighted by Gasteiger charge is -2.09. The van der Waals surface area contributed by atoms with E-state index in [0.29, 0.717) is 11.6 Å². The first-order valence-corrected chi connectivity index (χ1v) is 7.14. The summed E-state index contributed by atoms with van der Waals surface area (Å²) in [4.78, 5) is 4.70. The minimum Gasteiger partial charge on any atom is -0.494 e. The third kappa shape index (κ3) is 3.81. The van der Waals surface area contributed by atoms with Crippen LogP contribution in [0.5, 0.6) is 5.75 Å². The normalized spacial score (nSPS) is 10.4. The molecule has 0 fully saturated rings. The summed E-state index contributed by atoms with van der Waals surface area (Å²) in [7, 11) is 0. The zero-order valence-corrected chi connectivity index (χ0v) is 12.4. The number of ether oxygens (including phenoxy) is 1. The third-order valence-electron chi connectivity index (χ3n) is 3.07. The molecule has 106 valence electrons. The van der Waals surface area contributed by atoms with Crippen LogP contribution >= 0.6 is 12.2 Å². The molecule has 0 bridgehead atoms. The minimum absolute atomic E-state index is 0.406. The molecule has 2 aromatic rings. The SMILES string of the molecule is CCc1nccn1CCCOc1ccc(C(N)=S)cc1. The third-order valence-corrected chi connectivity index (χ3v) is 3.30. The molecule has 0 saturated heterocycles. The van der Waals surface area contributed by atoms with Gasteiger partial charge >= 0.3 is 0 Å². The van der Waals surface area contributed by atoms with E-state index in [1.165, 1.54) is 0 Å². The van der Waals surface area contributed by atoms with Crippen molar-refractivity contribution in [2.24, 2.45) is 5.73 Å². The average molecular weight is 289 g/mol. The van der Waals surface area contributed by atoms with Gasteiger partial charge in [-0.05, 0) is 30.7 Å². The first kappa shape index (κ1) is 14.5. The number of rotatable bonds is 7. The maximum Gasteiger partial charge on any atom is 0.119 e. The van der Waals surface area contributed by atoms with Crippen molar-refractivity contribution < 1.29 is 4.74 Å². The highest BCUT2D eigenvalue weighted by atomic mass is 32.1. The summed E-state index contributed by atoms with van der Waals surface area (Å²) in [5.41, 5.74) is 6.41. The summed E-state index contributed by atoms with van der Waals surface area (Å²) in [5, 5.41) is 0. The number of nitrogens with zero attached hydrogens (tertiary/aromatic N) is 2. The molecule has 2 N–H and O–H groups in total. The monoisotopic (exact) mass is 289 g/mol. The molecule has 4 nitrogen and oxygen atoms in total. The van der Waals surface area contributed by atoms with Gasteiger partial charge in [0.25, 0.3) is 0 Å². The predicted molar refractivity (Wildman–Crippen MR) is 84.0 cm³/mol. The summed E-state index contributed by atoms with van der Waals surface area (Å²) in [6.45, 7) is 3.71. The molecule has 1 aromatic heterocycles. The fourth-order valence-electron chi connectivity index (χ4n) is 2.00. The molecule has 0 radical (unpaired) electrons. The Morgan fingerprint density at radius 1 is 1.35 bits per heavy atom. The molecule has 5 heteroatoms. The Labute approximate surface area is 124 Å². The standard InChI is InChI=1S/C15H19N3OS/c1-2-14-17-8-10-18(14)9-3-11-19-13-6-4-12(5-7-13)15(16)20/h4-8,10H,2-3,9,11H2,1H3,(H2,16,20). The molecule has 0 spiro atoms. The van der Waals surface area contributed by atoms with E-state index in [1.54, 1.807) is 0 Å². The van der Waals surface area contributed by atoms with Gasteiger partial charge in [-0.15, -0.1) is 0 Å². The van der Waals surface area contributed by atoms with Crippen LogP contribution in [0.1, 0.15) is 24.7 Å². The quantitative estimate of drug-likeness (QED) is 0.628. The second-order valence-electron chi connectivity index (χ2n) is 4.48. The zero-order valence-electron chi connectivity index (χ0n) is 11.6. The Morgan fingerprint density at radius 2 is 2.10 bits per heavy atom. The van der Waals surface area contributed by atoms with Crippen LogP contribution in [0.3, 0.4) is 0 Å². The van der Waals surface area contributed by atoms with Gasteiger partial charge in [0.1, 0.15) is 16.6 Å². The fourth-order valence-corrected chi connectivity index (χ4v) is 2.13. The van der Waals surface area contributed by atoms with E-state index < -0.39 is 0 Å². The molecule has 0 atom stereocenters. The summed E-state index contributed by atoms with van der Waals surface area (Å²) >= 11 is 4.91. The maximum absolute atomic E-state index is 5.69. The van der Waals surface area contributed by atoms with E-state index in [-0.39, 0.29) is 0 Å². The van der Waals surface area contributed by atoms with Crippen LogP contribution in [0.25, 0.3) is 0 Å². The maximum atomic E-state index is 5.69. The van der Waals surface area contributed by atoms with E-state index >= 15 is 0 Å². The van der Waals surface area contributed by atoms with Crippen molar-refractivity contribution in [3.05, 3.63) is 48.0 Å². The molecule has 0 aliphatic rings. The van der Waals surface area contributed by atoms with Gasteiger partial charge in [0.2, 0.25) is 0 Å². The van der Waals surface area contributed by atoms with Crippen molar-refractivity contribution in [2.45, 2.75) is 26.3 Å². The predicted octanol–water partition coefficient (Wildman–Crippen LogP) is 2.55. The number of benzene rings is 1. The van der Waals surface area contributed by atoms with Crippen LogP contribution in [0.4, 0.5) is 0 Å². The number of nitrogens with two attached hydrogens (primary N) is 1. The van der Waals surface area contributed by atoms with E-state index in [2.05, 4.69) is 16.5 Å². The van der Waals surface area contributed by atoms with Crippen molar-refractivity contribution in [1.82, 2.24) is 9.55 Å². The van der Waals surface area contributed by atoms with Crippen molar-refractivity contribution in [3.63, 3.8) is 0 Å². The van der Waals surface area contributed by atoms with E-state index in [1.807, 2.05) is 36.7 Å². The summed E-state index contributed by atoms with van der Waals surface area (Å²) < 4.78 is 7.86. The topological polar surface area (TPSA) is 53.1 Å². The lowest BCUT2D eigenvalue weighted by Crippen LogP contribution is -2.09. The second kappa shape index (κ2) is 7.05. The summed E-state index contributed by atoms with van der Waals surface area (Å²) in [5.74, 6) is 1.96. The van der Waals surface area contributed by atoms with Gasteiger partial charge in [0, 0.05) is 30.9 Å². The first-order chi connectivity index (χ1) is 9.70. The molecular formula is C15H19N3OS. The van der Waals surface area contributed by atoms with Gasteiger partial charge in [0.15, 0.2) is 0 Å². The Hall–Kier alpha value is -1.88. The highest BCUT2D eigenvalue weighted by molar-refractivity contribution is 7.80. The minimum atomic E-state index is 0.406. The lowest BCUT2D eigenvalue weighted by molar-refractivity contribution is 0.301. The van der Waals surface area contributed by atoms with Crippen LogP contribution in [-0.2, 0) is 13.0 Å². The highest BCUT2D eigenvalue weighted by Gasteiger charge is 2.00. The van der Waals surface area contributed by atoms with Gasteiger partial charge in [-0.25, -0.2) is 4.98 Å². The highest BCUT2D eigenvalue weighted by Crippen LogP contribution is 2.12. The first-order valence-electron chi connectivity index (χ1n) is 6.73.